The fourth-order valence-electron chi connectivity index (χ4n) is 3.36. The number of nitrogens with zero attached hydrogens (tertiary/aromatic N) is 1. The maximum absolute atomic E-state index is 6.25. The number of ether oxygens (including phenoxy) is 1. The second-order valence-electron chi connectivity index (χ2n) is 6.81. The molecule has 0 aliphatic carbocycles. The van der Waals surface area contributed by atoms with Crippen LogP contribution in [-0.2, 0) is 13.0 Å². The zero-order chi connectivity index (χ0) is 18.4. The molecule has 0 bridgehead atoms. The lowest BCUT2D eigenvalue weighted by Crippen LogP contribution is -2.25. The van der Waals surface area contributed by atoms with Crippen LogP contribution in [-0.4, -0.2) is 24.5 Å². The molecular weight excluding hydrogens is 318 g/mol. The van der Waals surface area contributed by atoms with Gasteiger partial charge in [-0.2, -0.15) is 0 Å². The molecule has 2 nitrogen and oxygen atoms in total. The summed E-state index contributed by atoms with van der Waals surface area (Å²) in [7, 11) is 0. The van der Waals surface area contributed by atoms with Crippen LogP contribution in [0.4, 0.5) is 0 Å². The van der Waals surface area contributed by atoms with E-state index in [0.717, 1.165) is 31.8 Å². The minimum atomic E-state index is 0.608. The molecule has 0 amide bonds. The first-order valence-electron chi connectivity index (χ1n) is 9.62. The summed E-state index contributed by atoms with van der Waals surface area (Å²) in [6, 6.07) is 21.5. The lowest BCUT2D eigenvalue weighted by molar-refractivity contribution is 0.291. The van der Waals surface area contributed by atoms with Crippen molar-refractivity contribution in [3.05, 3.63) is 77.4 Å². The highest BCUT2D eigenvalue weighted by Crippen LogP contribution is 2.29. The van der Waals surface area contributed by atoms with Gasteiger partial charge in [-0.3, -0.25) is 0 Å². The van der Waals surface area contributed by atoms with Gasteiger partial charge in [0, 0.05) is 12.1 Å². The molecule has 3 aromatic rings. The molecule has 3 rings (SSSR count). The first-order chi connectivity index (χ1) is 12.7. The maximum Gasteiger partial charge on any atom is 0.123 e. The molecule has 0 saturated carbocycles. The monoisotopic (exact) mass is 347 g/mol. The van der Waals surface area contributed by atoms with Gasteiger partial charge >= 0.3 is 0 Å². The zero-order valence-electron chi connectivity index (χ0n) is 16.2. The van der Waals surface area contributed by atoms with Crippen LogP contribution in [0.3, 0.4) is 0 Å². The predicted molar refractivity (Wildman–Crippen MR) is 111 cm³/mol. The van der Waals surface area contributed by atoms with Crippen molar-refractivity contribution >= 4 is 10.8 Å². The van der Waals surface area contributed by atoms with Crippen molar-refractivity contribution in [2.45, 2.75) is 33.8 Å². The Morgan fingerprint density at radius 2 is 1.58 bits per heavy atom. The fourth-order valence-corrected chi connectivity index (χ4v) is 3.36. The van der Waals surface area contributed by atoms with E-state index in [1.54, 1.807) is 0 Å². The molecule has 136 valence electrons. The van der Waals surface area contributed by atoms with Crippen LogP contribution in [0.25, 0.3) is 10.8 Å². The maximum atomic E-state index is 6.25. The number of likely N-dealkylation sites (N-methyl/N-ethyl adjacent to an activating group) is 1. The van der Waals surface area contributed by atoms with Gasteiger partial charge in [-0.15, -0.1) is 0 Å². The highest BCUT2D eigenvalue weighted by atomic mass is 16.5. The summed E-state index contributed by atoms with van der Waals surface area (Å²) >= 11 is 0. The molecule has 0 spiro atoms. The van der Waals surface area contributed by atoms with E-state index < -0.39 is 0 Å². The summed E-state index contributed by atoms with van der Waals surface area (Å²) in [6.45, 7) is 10.4. The summed E-state index contributed by atoms with van der Waals surface area (Å²) in [5, 5.41) is 2.59. The van der Waals surface area contributed by atoms with Crippen molar-refractivity contribution in [3.63, 3.8) is 0 Å². The van der Waals surface area contributed by atoms with Crippen molar-refractivity contribution < 1.29 is 4.74 Å². The number of hydrogen-bond acceptors (Lipinski definition) is 2. The molecule has 3 aromatic carbocycles. The molecular formula is C24H29NO. The second-order valence-corrected chi connectivity index (χ2v) is 6.81. The number of benzene rings is 3. The Balaban J connectivity index is 1.85. The smallest absolute Gasteiger partial charge is 0.123 e. The zero-order valence-corrected chi connectivity index (χ0v) is 16.2. The quantitative estimate of drug-likeness (QED) is 0.525. The lowest BCUT2D eigenvalue weighted by atomic mass is 10.0. The summed E-state index contributed by atoms with van der Waals surface area (Å²) in [5.74, 6) is 1.01. The van der Waals surface area contributed by atoms with E-state index in [9.17, 15) is 0 Å². The Hall–Kier alpha value is -2.32. The Morgan fingerprint density at radius 1 is 0.846 bits per heavy atom. The minimum absolute atomic E-state index is 0.608. The van der Waals surface area contributed by atoms with E-state index in [1.165, 1.54) is 27.5 Å². The van der Waals surface area contributed by atoms with Gasteiger partial charge in [0.05, 0.1) is 0 Å². The Labute approximate surface area is 157 Å². The summed E-state index contributed by atoms with van der Waals surface area (Å²) in [4.78, 5) is 2.46. The standard InChI is InChI=1S/C24H29NO/c1-4-25(5-2)17-16-23-22-9-7-6-8-21(22)14-15-24(23)26-18-20-12-10-19(3)11-13-20/h6-15H,4-5,16-18H2,1-3H3. The van der Waals surface area contributed by atoms with Gasteiger partial charge in [0.25, 0.3) is 0 Å². The van der Waals surface area contributed by atoms with Crippen molar-refractivity contribution in [1.29, 1.82) is 0 Å². The number of aryl methyl sites for hydroxylation is 1. The minimum Gasteiger partial charge on any atom is -0.489 e. The van der Waals surface area contributed by atoms with Gasteiger partial charge in [-0.05, 0) is 48.8 Å². The Bertz CT molecular complexity index is 834. The third-order valence-corrected chi connectivity index (χ3v) is 5.09. The molecule has 0 N–H and O–H groups in total. The van der Waals surface area contributed by atoms with E-state index >= 15 is 0 Å². The van der Waals surface area contributed by atoms with Crippen LogP contribution < -0.4 is 4.74 Å². The van der Waals surface area contributed by atoms with Crippen LogP contribution in [0.2, 0.25) is 0 Å². The van der Waals surface area contributed by atoms with E-state index in [4.69, 9.17) is 4.74 Å². The molecule has 0 atom stereocenters. The highest BCUT2D eigenvalue weighted by Gasteiger charge is 2.11. The van der Waals surface area contributed by atoms with Crippen molar-refractivity contribution in [1.82, 2.24) is 4.90 Å². The largest absolute Gasteiger partial charge is 0.489 e. The fraction of sp³-hybridized carbons (Fsp3) is 0.333. The molecule has 0 aliphatic heterocycles. The topological polar surface area (TPSA) is 12.5 Å². The normalized spacial score (nSPS) is 11.2. The van der Waals surface area contributed by atoms with Gasteiger partial charge in [0.1, 0.15) is 12.4 Å². The number of fused-ring (bicyclic) bond motifs is 1. The number of rotatable bonds is 8. The SMILES string of the molecule is CCN(CC)CCc1c(OCc2ccc(C)cc2)ccc2ccccc12. The predicted octanol–water partition coefficient (Wildman–Crippen LogP) is 5.61. The summed E-state index contributed by atoms with van der Waals surface area (Å²) < 4.78 is 6.25. The van der Waals surface area contributed by atoms with E-state index in [2.05, 4.69) is 86.3 Å². The number of hydrogen-bond donors (Lipinski definition) is 0. The molecule has 0 radical (unpaired) electrons. The molecule has 0 aliphatic rings. The third-order valence-electron chi connectivity index (χ3n) is 5.09. The lowest BCUT2D eigenvalue weighted by Gasteiger charge is -2.20. The van der Waals surface area contributed by atoms with Crippen LogP contribution >= 0.6 is 0 Å². The molecule has 0 fully saturated rings. The Morgan fingerprint density at radius 3 is 2.31 bits per heavy atom. The van der Waals surface area contributed by atoms with Crippen LogP contribution in [0.15, 0.2) is 60.7 Å². The highest BCUT2D eigenvalue weighted by molar-refractivity contribution is 5.87. The molecule has 0 aromatic heterocycles. The van der Waals surface area contributed by atoms with Crippen molar-refractivity contribution in [3.8, 4) is 5.75 Å². The van der Waals surface area contributed by atoms with Crippen LogP contribution in [0.1, 0.15) is 30.5 Å². The first-order valence-corrected chi connectivity index (χ1v) is 9.62. The first kappa shape index (κ1) is 18.5. The van der Waals surface area contributed by atoms with Gasteiger partial charge < -0.3 is 9.64 Å². The van der Waals surface area contributed by atoms with Gasteiger partial charge in [-0.25, -0.2) is 0 Å². The summed E-state index contributed by atoms with van der Waals surface area (Å²) in [5.41, 5.74) is 3.81. The van der Waals surface area contributed by atoms with E-state index in [0.29, 0.717) is 6.61 Å². The van der Waals surface area contributed by atoms with E-state index in [-0.39, 0.29) is 0 Å². The molecule has 0 heterocycles. The average molecular weight is 348 g/mol. The van der Waals surface area contributed by atoms with Gasteiger partial charge in [0.2, 0.25) is 0 Å². The molecule has 0 saturated heterocycles. The Kier molecular flexibility index (Phi) is 6.30. The molecule has 0 unspecified atom stereocenters. The molecule has 26 heavy (non-hydrogen) atoms. The third kappa shape index (κ3) is 4.44. The van der Waals surface area contributed by atoms with Crippen molar-refractivity contribution in [2.24, 2.45) is 0 Å². The summed E-state index contributed by atoms with van der Waals surface area (Å²) in [6.07, 6.45) is 1.01. The average Bonchev–Trinajstić information content (AvgIpc) is 2.68. The van der Waals surface area contributed by atoms with E-state index in [1.807, 2.05) is 0 Å². The van der Waals surface area contributed by atoms with Gasteiger partial charge in [0.15, 0.2) is 0 Å². The van der Waals surface area contributed by atoms with Crippen LogP contribution in [0, 0.1) is 6.92 Å². The second kappa shape index (κ2) is 8.86. The van der Waals surface area contributed by atoms with Crippen LogP contribution in [0.5, 0.6) is 5.75 Å². The van der Waals surface area contributed by atoms with Gasteiger partial charge in [-0.1, -0.05) is 74.0 Å². The van der Waals surface area contributed by atoms with Crippen molar-refractivity contribution in [2.75, 3.05) is 19.6 Å². The molecule has 2 heteroatoms.